The Labute approximate surface area is 61.8 Å². The maximum atomic E-state index is 10.9. The third-order valence-electron chi connectivity index (χ3n) is 1.35. The third-order valence-corrected chi connectivity index (χ3v) is 1.35. The molecule has 1 aromatic rings. The Balaban J connectivity index is 2.40. The monoisotopic (exact) mass is 148 g/mol. The summed E-state index contributed by atoms with van der Waals surface area (Å²) in [6, 6.07) is 0. The highest BCUT2D eigenvalue weighted by Crippen LogP contribution is 2.13. The molecule has 0 saturated carbocycles. The number of nitrogens with zero attached hydrogens (tertiary/aromatic N) is 3. The van der Waals surface area contributed by atoms with Crippen LogP contribution in [0.5, 0.6) is 0 Å². The first-order valence-electron chi connectivity index (χ1n) is 3.03. The molecule has 1 aliphatic rings. The highest BCUT2D eigenvalue weighted by atomic mass is 16.1. The fourth-order valence-electron chi connectivity index (χ4n) is 0.847. The summed E-state index contributed by atoms with van der Waals surface area (Å²) >= 11 is 0. The van der Waals surface area contributed by atoms with Crippen LogP contribution in [0.4, 0.5) is 0 Å². The first kappa shape index (κ1) is 5.96. The van der Waals surface area contributed by atoms with Gasteiger partial charge in [-0.1, -0.05) is 0 Å². The molecule has 1 aromatic heterocycles. The first-order chi connectivity index (χ1) is 5.38. The standard InChI is InChI=1S/C6H4N4O/c11-6-4(1-2-7-6)5-3-8-10-9-5/h1-3H,(H,8,9,10). The second kappa shape index (κ2) is 2.12. The molecule has 5 nitrogen and oxygen atoms in total. The highest BCUT2D eigenvalue weighted by Gasteiger charge is 2.15. The van der Waals surface area contributed by atoms with Gasteiger partial charge < -0.3 is 0 Å². The van der Waals surface area contributed by atoms with E-state index in [4.69, 9.17) is 0 Å². The molecule has 0 aromatic carbocycles. The van der Waals surface area contributed by atoms with Crippen molar-refractivity contribution in [2.24, 2.45) is 4.99 Å². The van der Waals surface area contributed by atoms with Crippen molar-refractivity contribution in [1.29, 1.82) is 0 Å². The number of amides is 1. The van der Waals surface area contributed by atoms with Crippen molar-refractivity contribution in [3.05, 3.63) is 18.0 Å². The normalized spacial score (nSPS) is 15.6. The van der Waals surface area contributed by atoms with Gasteiger partial charge in [0.15, 0.2) is 0 Å². The van der Waals surface area contributed by atoms with E-state index < -0.39 is 0 Å². The van der Waals surface area contributed by atoms with Gasteiger partial charge in [-0.05, 0) is 6.08 Å². The predicted octanol–water partition coefficient (Wildman–Crippen LogP) is -0.201. The summed E-state index contributed by atoms with van der Waals surface area (Å²) < 4.78 is 0. The number of H-pyrrole nitrogens is 1. The molecule has 2 rings (SSSR count). The molecule has 0 atom stereocenters. The summed E-state index contributed by atoms with van der Waals surface area (Å²) in [5.41, 5.74) is 1.02. The lowest BCUT2D eigenvalue weighted by atomic mass is 10.2. The fourth-order valence-corrected chi connectivity index (χ4v) is 0.847. The molecule has 1 N–H and O–H groups in total. The lowest BCUT2D eigenvalue weighted by molar-refractivity contribution is -0.112. The maximum absolute atomic E-state index is 10.9. The van der Waals surface area contributed by atoms with Crippen LogP contribution < -0.4 is 0 Å². The van der Waals surface area contributed by atoms with E-state index in [-0.39, 0.29) is 5.91 Å². The van der Waals surface area contributed by atoms with Gasteiger partial charge in [0.05, 0.1) is 11.8 Å². The van der Waals surface area contributed by atoms with Crippen molar-refractivity contribution < 1.29 is 4.79 Å². The zero-order valence-corrected chi connectivity index (χ0v) is 5.48. The van der Waals surface area contributed by atoms with Gasteiger partial charge in [0.1, 0.15) is 5.69 Å². The number of hydrogen-bond acceptors (Lipinski definition) is 3. The van der Waals surface area contributed by atoms with Gasteiger partial charge in [0, 0.05) is 6.21 Å². The fraction of sp³-hybridized carbons (Fsp3) is 0. The van der Waals surface area contributed by atoms with E-state index in [2.05, 4.69) is 20.4 Å². The topological polar surface area (TPSA) is 71.0 Å². The zero-order valence-electron chi connectivity index (χ0n) is 5.48. The number of aromatic amines is 1. The molecule has 11 heavy (non-hydrogen) atoms. The molecule has 54 valence electrons. The number of allylic oxidation sites excluding steroid dienone is 1. The molecule has 0 aliphatic carbocycles. The zero-order chi connectivity index (χ0) is 7.68. The van der Waals surface area contributed by atoms with E-state index in [1.807, 2.05) is 0 Å². The molecular weight excluding hydrogens is 144 g/mol. The van der Waals surface area contributed by atoms with E-state index in [1.54, 1.807) is 6.08 Å². The summed E-state index contributed by atoms with van der Waals surface area (Å²) in [6.45, 7) is 0. The van der Waals surface area contributed by atoms with Gasteiger partial charge in [0.2, 0.25) is 0 Å². The smallest absolute Gasteiger partial charge is 0.267 e. The summed E-state index contributed by atoms with van der Waals surface area (Å²) in [5, 5.41) is 9.74. The van der Waals surface area contributed by atoms with E-state index in [1.165, 1.54) is 12.4 Å². The number of aromatic nitrogens is 3. The number of carbonyl (C=O) groups is 1. The Bertz CT molecular complexity index is 335. The van der Waals surface area contributed by atoms with Crippen LogP contribution in [0.25, 0.3) is 5.57 Å². The Morgan fingerprint density at radius 3 is 2.91 bits per heavy atom. The lowest BCUT2D eigenvalue weighted by Crippen LogP contribution is -1.93. The van der Waals surface area contributed by atoms with Crippen molar-refractivity contribution >= 4 is 17.7 Å². The summed E-state index contributed by atoms with van der Waals surface area (Å²) in [4.78, 5) is 14.5. The molecule has 1 amide bonds. The van der Waals surface area contributed by atoms with Crippen LogP contribution in [-0.4, -0.2) is 27.5 Å². The Morgan fingerprint density at radius 2 is 2.36 bits per heavy atom. The number of nitrogens with one attached hydrogen (secondary N) is 1. The van der Waals surface area contributed by atoms with Crippen LogP contribution in [0.1, 0.15) is 5.69 Å². The number of aliphatic imine (C=N–C) groups is 1. The van der Waals surface area contributed by atoms with Gasteiger partial charge >= 0.3 is 0 Å². The molecule has 0 unspecified atom stereocenters. The van der Waals surface area contributed by atoms with Gasteiger partial charge in [-0.3, -0.25) is 4.79 Å². The van der Waals surface area contributed by atoms with Crippen LogP contribution in [0.15, 0.2) is 17.3 Å². The van der Waals surface area contributed by atoms with Crippen LogP contribution in [-0.2, 0) is 4.79 Å². The molecule has 0 saturated heterocycles. The number of carbonyl (C=O) groups excluding carboxylic acids is 1. The van der Waals surface area contributed by atoms with Crippen molar-refractivity contribution in [1.82, 2.24) is 15.4 Å². The van der Waals surface area contributed by atoms with Crippen LogP contribution in [0, 0.1) is 0 Å². The summed E-state index contributed by atoms with van der Waals surface area (Å²) in [7, 11) is 0. The SMILES string of the molecule is O=C1N=CC=C1c1cn[nH]n1. The summed E-state index contributed by atoms with van der Waals surface area (Å²) in [6.07, 6.45) is 4.55. The Kier molecular flexibility index (Phi) is 1.15. The Hall–Kier alpha value is -1.78. The molecule has 2 heterocycles. The van der Waals surface area contributed by atoms with E-state index >= 15 is 0 Å². The van der Waals surface area contributed by atoms with E-state index in [9.17, 15) is 4.79 Å². The highest BCUT2D eigenvalue weighted by molar-refractivity contribution is 6.28. The molecule has 0 radical (unpaired) electrons. The number of hydrogen-bond donors (Lipinski definition) is 1. The maximum Gasteiger partial charge on any atom is 0.279 e. The van der Waals surface area contributed by atoms with Crippen LogP contribution in [0.3, 0.4) is 0 Å². The van der Waals surface area contributed by atoms with Gasteiger partial charge in [-0.2, -0.15) is 15.4 Å². The molecule has 5 heteroatoms. The second-order valence-electron chi connectivity index (χ2n) is 2.02. The second-order valence-corrected chi connectivity index (χ2v) is 2.02. The molecular formula is C6H4N4O. The van der Waals surface area contributed by atoms with Gasteiger partial charge in [0.25, 0.3) is 5.91 Å². The lowest BCUT2D eigenvalue weighted by Gasteiger charge is -1.88. The van der Waals surface area contributed by atoms with Gasteiger partial charge in [-0.15, -0.1) is 0 Å². The molecule has 0 bridgehead atoms. The minimum Gasteiger partial charge on any atom is -0.267 e. The first-order valence-corrected chi connectivity index (χ1v) is 3.03. The summed E-state index contributed by atoms with van der Waals surface area (Å²) in [5.74, 6) is -0.265. The van der Waals surface area contributed by atoms with E-state index in [0.717, 1.165) is 0 Å². The minimum absolute atomic E-state index is 0.265. The predicted molar refractivity (Wildman–Crippen MR) is 37.9 cm³/mol. The van der Waals surface area contributed by atoms with Crippen LogP contribution in [0.2, 0.25) is 0 Å². The molecule has 0 spiro atoms. The van der Waals surface area contributed by atoms with Crippen molar-refractivity contribution in [3.63, 3.8) is 0 Å². The van der Waals surface area contributed by atoms with E-state index in [0.29, 0.717) is 11.3 Å². The van der Waals surface area contributed by atoms with Crippen molar-refractivity contribution in [2.45, 2.75) is 0 Å². The largest absolute Gasteiger partial charge is 0.279 e. The number of rotatable bonds is 1. The van der Waals surface area contributed by atoms with Crippen molar-refractivity contribution in [2.75, 3.05) is 0 Å². The minimum atomic E-state index is -0.265. The quantitative estimate of drug-likeness (QED) is 0.599. The van der Waals surface area contributed by atoms with Crippen LogP contribution >= 0.6 is 0 Å². The van der Waals surface area contributed by atoms with Crippen molar-refractivity contribution in [3.8, 4) is 0 Å². The molecule has 1 aliphatic heterocycles. The third kappa shape index (κ3) is 0.861. The van der Waals surface area contributed by atoms with Gasteiger partial charge in [-0.25, -0.2) is 4.99 Å². The Morgan fingerprint density at radius 1 is 1.45 bits per heavy atom. The average molecular weight is 148 g/mol. The average Bonchev–Trinajstić information content (AvgIpc) is 2.55. The molecule has 0 fully saturated rings.